The van der Waals surface area contributed by atoms with Crippen LogP contribution >= 0.6 is 22.9 Å². The van der Waals surface area contributed by atoms with Gasteiger partial charge in [0, 0.05) is 24.6 Å². The van der Waals surface area contributed by atoms with Crippen LogP contribution in [0.2, 0.25) is 4.34 Å². The first-order valence-corrected chi connectivity index (χ1v) is 8.95. The number of nitrogens with zero attached hydrogens (tertiary/aromatic N) is 2. The molecule has 0 radical (unpaired) electrons. The van der Waals surface area contributed by atoms with Crippen LogP contribution in [0.3, 0.4) is 0 Å². The number of rotatable bonds is 6. The maximum atomic E-state index is 8.92. The lowest BCUT2D eigenvalue weighted by Gasteiger charge is -2.15. The summed E-state index contributed by atoms with van der Waals surface area (Å²) in [6.07, 6.45) is 1.05. The fourth-order valence-corrected chi connectivity index (χ4v) is 3.42. The Kier molecular flexibility index (Phi) is 5.56. The molecule has 2 aromatic rings. The van der Waals surface area contributed by atoms with E-state index >= 15 is 0 Å². The standard InChI is InChI=1S/C17H18ClN3O2S/c1-11-2-3-13(8-20-17-21-14(7-19)16(18)24-17)15(6-11)23-10-12-4-5-22-9-12/h2-3,6,12H,4-5,8-10H2,1H3,(H,20,21). The molecule has 3 rings (SSSR count). The van der Waals surface area contributed by atoms with Crippen molar-refractivity contribution in [1.82, 2.24) is 4.98 Å². The van der Waals surface area contributed by atoms with Crippen molar-refractivity contribution >= 4 is 28.1 Å². The molecule has 1 unspecified atom stereocenters. The van der Waals surface area contributed by atoms with E-state index in [-0.39, 0.29) is 5.69 Å². The number of hydrogen-bond donors (Lipinski definition) is 1. The van der Waals surface area contributed by atoms with Gasteiger partial charge in [0.15, 0.2) is 10.8 Å². The van der Waals surface area contributed by atoms with Gasteiger partial charge in [-0.3, -0.25) is 0 Å². The minimum absolute atomic E-state index is 0.255. The third-order valence-electron chi connectivity index (χ3n) is 3.84. The van der Waals surface area contributed by atoms with E-state index in [9.17, 15) is 0 Å². The van der Waals surface area contributed by atoms with Gasteiger partial charge in [-0.1, -0.05) is 35.1 Å². The van der Waals surface area contributed by atoms with Crippen LogP contribution in [0.4, 0.5) is 5.13 Å². The maximum absolute atomic E-state index is 8.92. The van der Waals surface area contributed by atoms with Crippen LogP contribution in [0.1, 0.15) is 23.2 Å². The largest absolute Gasteiger partial charge is 0.493 e. The van der Waals surface area contributed by atoms with Crippen LogP contribution in [-0.2, 0) is 11.3 Å². The van der Waals surface area contributed by atoms with Gasteiger partial charge >= 0.3 is 0 Å². The number of anilines is 1. The van der Waals surface area contributed by atoms with Crippen LogP contribution < -0.4 is 10.1 Å². The minimum atomic E-state index is 0.255. The van der Waals surface area contributed by atoms with Gasteiger partial charge in [0.25, 0.3) is 0 Å². The topological polar surface area (TPSA) is 67.2 Å². The first-order chi connectivity index (χ1) is 11.7. The average Bonchev–Trinajstić information content (AvgIpc) is 3.21. The van der Waals surface area contributed by atoms with Crippen molar-refractivity contribution in [2.45, 2.75) is 19.9 Å². The summed E-state index contributed by atoms with van der Waals surface area (Å²) < 4.78 is 11.8. The zero-order valence-electron chi connectivity index (χ0n) is 13.3. The summed E-state index contributed by atoms with van der Waals surface area (Å²) in [5, 5.41) is 12.8. The number of aryl methyl sites for hydroxylation is 1. The van der Waals surface area contributed by atoms with Crippen molar-refractivity contribution in [3.05, 3.63) is 39.4 Å². The first kappa shape index (κ1) is 17.0. The van der Waals surface area contributed by atoms with E-state index in [0.717, 1.165) is 36.5 Å². The zero-order chi connectivity index (χ0) is 16.9. The number of nitrogens with one attached hydrogen (secondary N) is 1. The van der Waals surface area contributed by atoms with Crippen LogP contribution in [0.25, 0.3) is 0 Å². The van der Waals surface area contributed by atoms with E-state index in [2.05, 4.69) is 16.4 Å². The minimum Gasteiger partial charge on any atom is -0.493 e. The van der Waals surface area contributed by atoms with Gasteiger partial charge in [-0.2, -0.15) is 5.26 Å². The number of aromatic nitrogens is 1. The lowest BCUT2D eigenvalue weighted by atomic mass is 10.1. The number of halogens is 1. The van der Waals surface area contributed by atoms with Gasteiger partial charge in [0.1, 0.15) is 16.2 Å². The van der Waals surface area contributed by atoms with E-state index in [4.69, 9.17) is 26.3 Å². The second kappa shape index (κ2) is 7.84. The summed E-state index contributed by atoms with van der Waals surface area (Å²) in [6, 6.07) is 8.12. The summed E-state index contributed by atoms with van der Waals surface area (Å²) in [5.41, 5.74) is 2.45. The van der Waals surface area contributed by atoms with Crippen molar-refractivity contribution in [2.24, 2.45) is 5.92 Å². The summed E-state index contributed by atoms with van der Waals surface area (Å²) >= 11 is 7.22. The van der Waals surface area contributed by atoms with Gasteiger partial charge < -0.3 is 14.8 Å². The Bertz CT molecular complexity index is 751. The fraction of sp³-hybridized carbons (Fsp3) is 0.412. The summed E-state index contributed by atoms with van der Waals surface area (Å²) in [7, 11) is 0. The summed E-state index contributed by atoms with van der Waals surface area (Å²) in [4.78, 5) is 4.16. The Morgan fingerprint density at radius 3 is 3.12 bits per heavy atom. The molecule has 1 N–H and O–H groups in total. The van der Waals surface area contributed by atoms with Gasteiger partial charge in [-0.25, -0.2) is 4.98 Å². The normalized spacial score (nSPS) is 16.8. The van der Waals surface area contributed by atoms with E-state index in [1.54, 1.807) is 0 Å². The lowest BCUT2D eigenvalue weighted by molar-refractivity contribution is 0.167. The Hall–Kier alpha value is -1.81. The molecule has 7 heteroatoms. The molecule has 0 spiro atoms. The molecule has 1 saturated heterocycles. The molecule has 24 heavy (non-hydrogen) atoms. The van der Waals surface area contributed by atoms with Crippen molar-refractivity contribution in [3.8, 4) is 11.8 Å². The van der Waals surface area contributed by atoms with E-state index in [0.29, 0.717) is 28.5 Å². The first-order valence-electron chi connectivity index (χ1n) is 7.76. The van der Waals surface area contributed by atoms with Crippen LogP contribution in [0.5, 0.6) is 5.75 Å². The molecule has 1 atom stereocenters. The number of hydrogen-bond acceptors (Lipinski definition) is 6. The fourth-order valence-electron chi connectivity index (χ4n) is 2.48. The molecule has 1 aliphatic rings. The highest BCUT2D eigenvalue weighted by molar-refractivity contribution is 7.19. The summed E-state index contributed by atoms with van der Waals surface area (Å²) in [5.74, 6) is 1.33. The highest BCUT2D eigenvalue weighted by atomic mass is 35.5. The van der Waals surface area contributed by atoms with Gasteiger partial charge in [-0.05, 0) is 25.0 Å². The van der Waals surface area contributed by atoms with Crippen LogP contribution in [0, 0.1) is 24.2 Å². The van der Waals surface area contributed by atoms with Crippen molar-refractivity contribution < 1.29 is 9.47 Å². The molecule has 1 aliphatic heterocycles. The third-order valence-corrected chi connectivity index (χ3v) is 5.05. The van der Waals surface area contributed by atoms with Gasteiger partial charge in [0.2, 0.25) is 0 Å². The molecular formula is C17H18ClN3O2S. The number of thiazole rings is 1. The molecule has 1 aromatic heterocycles. The molecule has 1 aromatic carbocycles. The molecular weight excluding hydrogens is 346 g/mol. The predicted octanol–water partition coefficient (Wildman–Crippen LogP) is 4.00. The third kappa shape index (κ3) is 4.18. The summed E-state index contributed by atoms with van der Waals surface area (Å²) in [6.45, 7) is 4.86. The number of ether oxygens (including phenoxy) is 2. The Balaban J connectivity index is 1.66. The molecule has 0 bridgehead atoms. The Morgan fingerprint density at radius 2 is 2.42 bits per heavy atom. The molecule has 5 nitrogen and oxygen atoms in total. The van der Waals surface area contributed by atoms with Crippen molar-refractivity contribution in [2.75, 3.05) is 25.1 Å². The maximum Gasteiger partial charge on any atom is 0.185 e. The number of nitriles is 1. The Morgan fingerprint density at radius 1 is 1.54 bits per heavy atom. The smallest absolute Gasteiger partial charge is 0.185 e. The van der Waals surface area contributed by atoms with Gasteiger partial charge in [0.05, 0.1) is 13.2 Å². The molecule has 0 aliphatic carbocycles. The zero-order valence-corrected chi connectivity index (χ0v) is 14.9. The predicted molar refractivity (Wildman–Crippen MR) is 94.8 cm³/mol. The quantitative estimate of drug-likeness (QED) is 0.840. The second-order valence-corrected chi connectivity index (χ2v) is 7.36. The molecule has 0 saturated carbocycles. The SMILES string of the molecule is Cc1ccc(CNc2nc(C#N)c(Cl)s2)c(OCC2CCOC2)c1. The second-order valence-electron chi connectivity index (χ2n) is 5.76. The number of benzene rings is 1. The molecule has 126 valence electrons. The highest BCUT2D eigenvalue weighted by Crippen LogP contribution is 2.29. The van der Waals surface area contributed by atoms with Crippen LogP contribution in [-0.4, -0.2) is 24.8 Å². The van der Waals surface area contributed by atoms with Crippen molar-refractivity contribution in [3.63, 3.8) is 0 Å². The molecule has 0 amide bonds. The van der Waals surface area contributed by atoms with Crippen molar-refractivity contribution in [1.29, 1.82) is 5.26 Å². The average molecular weight is 364 g/mol. The lowest BCUT2D eigenvalue weighted by Crippen LogP contribution is -2.13. The van der Waals surface area contributed by atoms with E-state index < -0.39 is 0 Å². The van der Waals surface area contributed by atoms with Gasteiger partial charge in [-0.15, -0.1) is 0 Å². The van der Waals surface area contributed by atoms with E-state index in [1.165, 1.54) is 11.3 Å². The molecule has 1 fully saturated rings. The molecule has 2 heterocycles. The van der Waals surface area contributed by atoms with Crippen LogP contribution in [0.15, 0.2) is 18.2 Å². The van der Waals surface area contributed by atoms with E-state index in [1.807, 2.05) is 25.1 Å². The monoisotopic (exact) mass is 363 g/mol. The Labute approximate surface area is 150 Å². The highest BCUT2D eigenvalue weighted by Gasteiger charge is 2.17.